The second kappa shape index (κ2) is 7.06. The first kappa shape index (κ1) is 18.3. The predicted molar refractivity (Wildman–Crippen MR) is 119 cm³/mol. The highest BCUT2D eigenvalue weighted by atomic mass is 35.5. The average molecular weight is 431 g/mol. The van der Waals surface area contributed by atoms with Crippen molar-refractivity contribution in [3.63, 3.8) is 0 Å². The Morgan fingerprint density at radius 1 is 1.00 bits per heavy atom. The first-order chi connectivity index (χ1) is 15.2. The topological polar surface area (TPSA) is 54.6 Å². The summed E-state index contributed by atoms with van der Waals surface area (Å²) < 4.78 is 11.1. The largest absolute Gasteiger partial charge is 0.454 e. The summed E-state index contributed by atoms with van der Waals surface area (Å²) in [7, 11) is 0. The van der Waals surface area contributed by atoms with Crippen LogP contribution in [-0.2, 0) is 6.42 Å². The summed E-state index contributed by atoms with van der Waals surface area (Å²) >= 11 is 6.38. The minimum atomic E-state index is -0.283. The van der Waals surface area contributed by atoms with Gasteiger partial charge in [-0.25, -0.2) is 0 Å². The molecule has 0 aliphatic carbocycles. The van der Waals surface area contributed by atoms with Gasteiger partial charge in [-0.2, -0.15) is 0 Å². The fourth-order valence-electron chi connectivity index (χ4n) is 4.68. The smallest absolute Gasteiger partial charge is 0.256 e. The van der Waals surface area contributed by atoms with Crippen LogP contribution in [0.5, 0.6) is 11.5 Å². The van der Waals surface area contributed by atoms with Crippen molar-refractivity contribution in [2.75, 3.05) is 13.3 Å². The molecule has 4 aromatic rings. The third-order valence-electron chi connectivity index (χ3n) is 6.11. The number of hydrogen-bond donors (Lipinski definition) is 1. The lowest BCUT2D eigenvalue weighted by molar-refractivity contribution is 0.0692. The Kier molecular flexibility index (Phi) is 4.18. The Balaban J connectivity index is 1.53. The second-order valence-corrected chi connectivity index (χ2v) is 8.21. The quantitative estimate of drug-likeness (QED) is 0.467. The molecule has 0 fully saturated rings. The average Bonchev–Trinajstić information content (AvgIpc) is 3.42. The number of nitrogens with zero attached hydrogens (tertiary/aromatic N) is 1. The van der Waals surface area contributed by atoms with E-state index < -0.39 is 0 Å². The van der Waals surface area contributed by atoms with Crippen LogP contribution in [0.4, 0.5) is 0 Å². The van der Waals surface area contributed by atoms with Crippen molar-refractivity contribution in [3.05, 3.63) is 94.1 Å². The predicted octanol–water partition coefficient (Wildman–Crippen LogP) is 5.34. The second-order valence-electron chi connectivity index (χ2n) is 7.81. The Hall–Kier alpha value is -3.44. The third-order valence-corrected chi connectivity index (χ3v) is 6.44. The molecule has 1 N–H and O–H groups in total. The molecule has 1 unspecified atom stereocenters. The van der Waals surface area contributed by atoms with Gasteiger partial charge in [-0.05, 0) is 47.9 Å². The van der Waals surface area contributed by atoms with Gasteiger partial charge in [0.25, 0.3) is 5.91 Å². The highest BCUT2D eigenvalue weighted by Gasteiger charge is 2.36. The Labute approximate surface area is 184 Å². The zero-order valence-corrected chi connectivity index (χ0v) is 17.4. The van der Waals surface area contributed by atoms with E-state index in [2.05, 4.69) is 17.1 Å². The standard InChI is InChI=1S/C25H19ClN2O3/c26-19-7-3-1-6-18(19)25(29)28-12-11-17-16-5-2-4-8-20(16)27-23(17)24(28)15-9-10-21-22(13-15)31-14-30-21/h1-10,13,24,27H,11-12,14H2. The molecule has 154 valence electrons. The molecule has 6 heteroatoms. The molecule has 2 aliphatic rings. The van der Waals surface area contributed by atoms with Gasteiger partial charge >= 0.3 is 0 Å². The first-order valence-corrected chi connectivity index (χ1v) is 10.6. The number of carbonyl (C=O) groups is 1. The van der Waals surface area contributed by atoms with Crippen LogP contribution in [0, 0.1) is 0 Å². The van der Waals surface area contributed by atoms with Crippen molar-refractivity contribution >= 4 is 28.4 Å². The number of ether oxygens (including phenoxy) is 2. The SMILES string of the molecule is O=C(c1ccccc1Cl)N1CCc2c([nH]c3ccccc23)C1c1ccc2c(c1)OCO2. The highest BCUT2D eigenvalue weighted by molar-refractivity contribution is 6.33. The zero-order valence-electron chi connectivity index (χ0n) is 16.6. The van der Waals surface area contributed by atoms with Gasteiger partial charge in [0.15, 0.2) is 11.5 Å². The molecule has 3 heterocycles. The molecule has 3 aromatic carbocycles. The minimum Gasteiger partial charge on any atom is -0.454 e. The molecule has 0 bridgehead atoms. The molecule has 1 amide bonds. The lowest BCUT2D eigenvalue weighted by atomic mass is 9.91. The summed E-state index contributed by atoms with van der Waals surface area (Å²) in [6.45, 7) is 0.807. The minimum absolute atomic E-state index is 0.0856. The van der Waals surface area contributed by atoms with Gasteiger partial charge in [0.05, 0.1) is 16.6 Å². The number of nitrogens with one attached hydrogen (secondary N) is 1. The Morgan fingerprint density at radius 2 is 1.81 bits per heavy atom. The molecular formula is C25H19ClN2O3. The van der Waals surface area contributed by atoms with Crippen LogP contribution in [0.3, 0.4) is 0 Å². The fraction of sp³-hybridized carbons (Fsp3) is 0.160. The normalized spacial score (nSPS) is 17.1. The zero-order chi connectivity index (χ0) is 20.9. The summed E-state index contributed by atoms with van der Waals surface area (Å²) in [5, 5.41) is 1.66. The van der Waals surface area contributed by atoms with Gasteiger partial charge in [-0.15, -0.1) is 0 Å². The maximum atomic E-state index is 13.6. The number of hydrogen-bond acceptors (Lipinski definition) is 3. The van der Waals surface area contributed by atoms with Crippen LogP contribution in [0.15, 0.2) is 66.7 Å². The number of amides is 1. The number of H-pyrrole nitrogens is 1. The van der Waals surface area contributed by atoms with Gasteiger partial charge in [0.2, 0.25) is 6.79 Å². The summed E-state index contributed by atoms with van der Waals surface area (Å²) in [6.07, 6.45) is 0.774. The van der Waals surface area contributed by atoms with E-state index in [1.807, 2.05) is 47.4 Å². The van der Waals surface area contributed by atoms with Crippen LogP contribution in [0.25, 0.3) is 10.9 Å². The van der Waals surface area contributed by atoms with Crippen LogP contribution in [0.2, 0.25) is 5.02 Å². The van der Waals surface area contributed by atoms with Gasteiger partial charge in [-0.3, -0.25) is 4.79 Å². The van der Waals surface area contributed by atoms with Gasteiger partial charge in [0, 0.05) is 23.1 Å². The molecule has 5 nitrogen and oxygen atoms in total. The molecule has 2 aliphatic heterocycles. The van der Waals surface area contributed by atoms with E-state index in [9.17, 15) is 4.79 Å². The maximum absolute atomic E-state index is 13.6. The Morgan fingerprint density at radius 3 is 2.71 bits per heavy atom. The van der Waals surface area contributed by atoms with Crippen LogP contribution in [0.1, 0.15) is 33.2 Å². The van der Waals surface area contributed by atoms with E-state index in [4.69, 9.17) is 21.1 Å². The summed E-state index contributed by atoms with van der Waals surface area (Å²) in [5.74, 6) is 1.34. The summed E-state index contributed by atoms with van der Waals surface area (Å²) in [5.41, 5.74) is 4.84. The van der Waals surface area contributed by atoms with Crippen LogP contribution in [-0.4, -0.2) is 29.1 Å². The number of benzene rings is 3. The molecular weight excluding hydrogens is 412 g/mol. The van der Waals surface area contributed by atoms with Gasteiger partial charge < -0.3 is 19.4 Å². The van der Waals surface area contributed by atoms with E-state index >= 15 is 0 Å². The molecule has 0 radical (unpaired) electrons. The number of aromatic amines is 1. The molecule has 0 saturated carbocycles. The molecule has 31 heavy (non-hydrogen) atoms. The number of fused-ring (bicyclic) bond motifs is 4. The number of halogens is 1. The number of para-hydroxylation sites is 1. The molecule has 1 aromatic heterocycles. The summed E-state index contributed by atoms with van der Waals surface area (Å²) in [6, 6.07) is 21.1. The van der Waals surface area contributed by atoms with Crippen molar-refractivity contribution in [3.8, 4) is 11.5 Å². The van der Waals surface area contributed by atoms with Crippen molar-refractivity contribution < 1.29 is 14.3 Å². The molecule has 6 rings (SSSR count). The van der Waals surface area contributed by atoms with Crippen molar-refractivity contribution in [1.82, 2.24) is 9.88 Å². The lowest BCUT2D eigenvalue weighted by Gasteiger charge is -2.36. The first-order valence-electron chi connectivity index (χ1n) is 10.3. The van der Waals surface area contributed by atoms with Crippen molar-refractivity contribution in [2.24, 2.45) is 0 Å². The van der Waals surface area contributed by atoms with E-state index in [0.717, 1.165) is 28.9 Å². The maximum Gasteiger partial charge on any atom is 0.256 e. The van der Waals surface area contributed by atoms with Gasteiger partial charge in [-0.1, -0.05) is 48.0 Å². The molecule has 0 spiro atoms. The third kappa shape index (κ3) is 2.88. The number of rotatable bonds is 2. The molecule has 0 saturated heterocycles. The fourth-order valence-corrected chi connectivity index (χ4v) is 4.90. The van der Waals surface area contributed by atoms with E-state index in [-0.39, 0.29) is 18.7 Å². The van der Waals surface area contributed by atoms with Crippen LogP contribution < -0.4 is 9.47 Å². The van der Waals surface area contributed by atoms with Crippen molar-refractivity contribution in [1.29, 1.82) is 0 Å². The Bertz CT molecular complexity index is 1330. The lowest BCUT2D eigenvalue weighted by Crippen LogP contribution is -2.40. The highest BCUT2D eigenvalue weighted by Crippen LogP contribution is 2.42. The van der Waals surface area contributed by atoms with Crippen molar-refractivity contribution in [2.45, 2.75) is 12.5 Å². The monoisotopic (exact) mass is 430 g/mol. The van der Waals surface area contributed by atoms with Gasteiger partial charge in [0.1, 0.15) is 0 Å². The molecule has 1 atom stereocenters. The summed E-state index contributed by atoms with van der Waals surface area (Å²) in [4.78, 5) is 19.1. The van der Waals surface area contributed by atoms with Crippen LogP contribution >= 0.6 is 11.6 Å². The van der Waals surface area contributed by atoms with E-state index in [0.29, 0.717) is 22.9 Å². The number of aromatic nitrogens is 1. The van der Waals surface area contributed by atoms with E-state index in [1.165, 1.54) is 10.9 Å². The van der Waals surface area contributed by atoms with E-state index in [1.54, 1.807) is 12.1 Å². The number of carbonyl (C=O) groups excluding carboxylic acids is 1.